The SMILES string of the molecule is CC(C)(C)OC(=O)CC(NC(=O)OC(C)(C)C)C(=O)N1CCc2ccc(OCCc3ccc(-c4ccccc4)cc3)cc21. The molecule has 0 aliphatic carbocycles. The number of nitrogens with zero attached hydrogens (tertiary/aromatic N) is 1. The summed E-state index contributed by atoms with van der Waals surface area (Å²) >= 11 is 0. The van der Waals surface area contributed by atoms with Crippen molar-refractivity contribution in [2.75, 3.05) is 18.1 Å². The first-order chi connectivity index (χ1) is 20.3. The van der Waals surface area contributed by atoms with Crippen LogP contribution in [0.1, 0.15) is 59.1 Å². The lowest BCUT2D eigenvalue weighted by Gasteiger charge is -2.27. The van der Waals surface area contributed by atoms with Gasteiger partial charge in [-0.3, -0.25) is 9.59 Å². The van der Waals surface area contributed by atoms with Gasteiger partial charge in [0.15, 0.2) is 0 Å². The van der Waals surface area contributed by atoms with E-state index >= 15 is 0 Å². The van der Waals surface area contributed by atoms with Gasteiger partial charge in [-0.15, -0.1) is 0 Å². The van der Waals surface area contributed by atoms with E-state index in [2.05, 4.69) is 41.7 Å². The summed E-state index contributed by atoms with van der Waals surface area (Å²) in [5.74, 6) is -0.357. The molecule has 1 heterocycles. The first kappa shape index (κ1) is 31.6. The summed E-state index contributed by atoms with van der Waals surface area (Å²) in [4.78, 5) is 40.6. The van der Waals surface area contributed by atoms with Crippen molar-refractivity contribution in [1.29, 1.82) is 0 Å². The first-order valence-corrected chi connectivity index (χ1v) is 14.7. The molecule has 0 fully saturated rings. The Balaban J connectivity index is 1.42. The number of benzene rings is 3. The summed E-state index contributed by atoms with van der Waals surface area (Å²) < 4.78 is 16.9. The lowest BCUT2D eigenvalue weighted by molar-refractivity contribution is -0.156. The maximum Gasteiger partial charge on any atom is 0.408 e. The van der Waals surface area contributed by atoms with E-state index in [-0.39, 0.29) is 6.42 Å². The second kappa shape index (κ2) is 13.3. The van der Waals surface area contributed by atoms with Gasteiger partial charge in [-0.25, -0.2) is 4.79 Å². The number of anilines is 1. The molecule has 0 spiro atoms. The molecule has 0 radical (unpaired) electrons. The van der Waals surface area contributed by atoms with Gasteiger partial charge in [0.2, 0.25) is 5.91 Å². The largest absolute Gasteiger partial charge is 0.493 e. The van der Waals surface area contributed by atoms with Crippen molar-refractivity contribution < 1.29 is 28.6 Å². The van der Waals surface area contributed by atoms with Gasteiger partial charge in [0.25, 0.3) is 0 Å². The Kier molecular flexibility index (Phi) is 9.79. The molecule has 3 aromatic carbocycles. The van der Waals surface area contributed by atoms with Crippen LogP contribution in [0.5, 0.6) is 5.75 Å². The lowest BCUT2D eigenvalue weighted by atomic mass is 10.0. The highest BCUT2D eigenvalue weighted by atomic mass is 16.6. The van der Waals surface area contributed by atoms with Crippen molar-refractivity contribution in [1.82, 2.24) is 5.32 Å². The van der Waals surface area contributed by atoms with Crippen LogP contribution < -0.4 is 15.0 Å². The monoisotopic (exact) mass is 586 g/mol. The molecule has 0 bridgehead atoms. The van der Waals surface area contributed by atoms with Gasteiger partial charge in [0.1, 0.15) is 23.0 Å². The van der Waals surface area contributed by atoms with E-state index < -0.39 is 35.2 Å². The molecular formula is C35H42N2O6. The highest BCUT2D eigenvalue weighted by Crippen LogP contribution is 2.33. The third-order valence-corrected chi connectivity index (χ3v) is 6.72. The maximum absolute atomic E-state index is 13.8. The molecule has 228 valence electrons. The zero-order chi connectivity index (χ0) is 31.2. The maximum atomic E-state index is 13.8. The third kappa shape index (κ3) is 9.33. The molecule has 8 heteroatoms. The second-order valence-corrected chi connectivity index (χ2v) is 12.7. The number of nitrogens with one attached hydrogen (secondary N) is 1. The molecule has 8 nitrogen and oxygen atoms in total. The molecule has 3 aromatic rings. The molecule has 0 saturated heterocycles. The van der Waals surface area contributed by atoms with Crippen LogP contribution in [-0.4, -0.2) is 48.4 Å². The quantitative estimate of drug-likeness (QED) is 0.288. The molecule has 0 saturated carbocycles. The van der Waals surface area contributed by atoms with Crippen molar-refractivity contribution in [3.63, 3.8) is 0 Å². The molecule has 4 rings (SSSR count). The van der Waals surface area contributed by atoms with E-state index in [0.717, 1.165) is 17.5 Å². The van der Waals surface area contributed by atoms with E-state index in [1.165, 1.54) is 11.1 Å². The van der Waals surface area contributed by atoms with Crippen LogP contribution in [0.15, 0.2) is 72.8 Å². The van der Waals surface area contributed by atoms with Gasteiger partial charge in [-0.2, -0.15) is 0 Å². The molecule has 43 heavy (non-hydrogen) atoms. The number of carbonyl (C=O) groups is 3. The number of alkyl carbamates (subject to hydrolysis) is 1. The number of hydrogen-bond acceptors (Lipinski definition) is 6. The highest BCUT2D eigenvalue weighted by Gasteiger charge is 2.35. The molecule has 2 amide bonds. The average molecular weight is 587 g/mol. The highest BCUT2D eigenvalue weighted by molar-refractivity contribution is 6.02. The zero-order valence-electron chi connectivity index (χ0n) is 25.9. The molecule has 1 aliphatic rings. The number of carbonyl (C=O) groups excluding carboxylic acids is 3. The Labute approximate surface area is 254 Å². The number of amides is 2. The lowest BCUT2D eigenvalue weighted by Crippen LogP contribution is -2.50. The average Bonchev–Trinajstić information content (AvgIpc) is 3.34. The van der Waals surface area contributed by atoms with E-state index in [9.17, 15) is 14.4 Å². The van der Waals surface area contributed by atoms with Crippen LogP contribution in [-0.2, 0) is 31.9 Å². The summed E-state index contributed by atoms with van der Waals surface area (Å²) in [6.07, 6.45) is 0.288. The predicted molar refractivity (Wildman–Crippen MR) is 167 cm³/mol. The summed E-state index contributed by atoms with van der Waals surface area (Å²) in [5.41, 5.74) is 3.71. The Morgan fingerprint density at radius 2 is 1.49 bits per heavy atom. The molecule has 1 unspecified atom stereocenters. The Morgan fingerprint density at radius 1 is 0.837 bits per heavy atom. The van der Waals surface area contributed by atoms with Crippen LogP contribution in [0.3, 0.4) is 0 Å². The fourth-order valence-corrected chi connectivity index (χ4v) is 4.85. The fraction of sp³-hybridized carbons (Fsp3) is 0.400. The van der Waals surface area contributed by atoms with Crippen molar-refractivity contribution >= 4 is 23.7 Å². The minimum absolute atomic E-state index is 0.319. The Bertz CT molecular complexity index is 1390. The van der Waals surface area contributed by atoms with Crippen molar-refractivity contribution in [2.45, 2.75) is 78.0 Å². The van der Waals surface area contributed by atoms with E-state index in [4.69, 9.17) is 14.2 Å². The summed E-state index contributed by atoms with van der Waals surface area (Å²) in [5, 5.41) is 2.59. The molecule has 1 atom stereocenters. The predicted octanol–water partition coefficient (Wildman–Crippen LogP) is 6.49. The van der Waals surface area contributed by atoms with Crippen LogP contribution in [0, 0.1) is 0 Å². The number of rotatable bonds is 9. The summed E-state index contributed by atoms with van der Waals surface area (Å²) in [6, 6.07) is 23.2. The molecular weight excluding hydrogens is 544 g/mol. The standard InChI is InChI=1S/C35H42N2O6/c1-34(2,3)42-31(38)23-29(36-33(40)43-35(4,5)6)32(39)37-20-18-27-16-17-28(22-30(27)37)41-21-19-24-12-14-26(15-13-24)25-10-8-7-9-11-25/h7-17,22,29H,18-21,23H2,1-6H3,(H,36,40). The summed E-state index contributed by atoms with van der Waals surface area (Å²) in [6.45, 7) is 11.3. The van der Waals surface area contributed by atoms with Crippen LogP contribution in [0.4, 0.5) is 10.5 Å². The van der Waals surface area contributed by atoms with Gasteiger partial charge < -0.3 is 24.4 Å². The molecule has 0 aromatic heterocycles. The van der Waals surface area contributed by atoms with E-state index in [1.807, 2.05) is 36.4 Å². The number of hydrogen-bond donors (Lipinski definition) is 1. The first-order valence-electron chi connectivity index (χ1n) is 14.7. The number of esters is 1. The van der Waals surface area contributed by atoms with Gasteiger partial charge in [-0.1, -0.05) is 60.7 Å². The minimum atomic E-state index is -1.15. The summed E-state index contributed by atoms with van der Waals surface area (Å²) in [7, 11) is 0. The van der Waals surface area contributed by atoms with E-state index in [1.54, 1.807) is 46.4 Å². The van der Waals surface area contributed by atoms with Crippen LogP contribution in [0.2, 0.25) is 0 Å². The van der Waals surface area contributed by atoms with Crippen LogP contribution in [0.25, 0.3) is 11.1 Å². The second-order valence-electron chi connectivity index (χ2n) is 12.7. The third-order valence-electron chi connectivity index (χ3n) is 6.72. The van der Waals surface area contributed by atoms with Gasteiger partial charge in [0.05, 0.1) is 18.7 Å². The van der Waals surface area contributed by atoms with Crippen LogP contribution >= 0.6 is 0 Å². The Morgan fingerprint density at radius 3 is 2.14 bits per heavy atom. The smallest absolute Gasteiger partial charge is 0.408 e. The molecule has 1 aliphatic heterocycles. The van der Waals surface area contributed by atoms with Gasteiger partial charge in [-0.05, 0) is 76.3 Å². The normalized spacial score (nSPS) is 13.6. The number of ether oxygens (including phenoxy) is 3. The Hall–Kier alpha value is -4.33. The number of fused-ring (bicyclic) bond motifs is 1. The molecule has 1 N–H and O–H groups in total. The minimum Gasteiger partial charge on any atom is -0.493 e. The van der Waals surface area contributed by atoms with Gasteiger partial charge >= 0.3 is 12.1 Å². The van der Waals surface area contributed by atoms with E-state index in [0.29, 0.717) is 31.0 Å². The fourth-order valence-electron chi connectivity index (χ4n) is 4.85. The van der Waals surface area contributed by atoms with Crippen molar-refractivity contribution in [2.24, 2.45) is 0 Å². The van der Waals surface area contributed by atoms with Crippen molar-refractivity contribution in [3.05, 3.63) is 83.9 Å². The van der Waals surface area contributed by atoms with Crippen molar-refractivity contribution in [3.8, 4) is 16.9 Å². The zero-order valence-corrected chi connectivity index (χ0v) is 25.9. The van der Waals surface area contributed by atoms with Gasteiger partial charge in [0, 0.05) is 19.0 Å². The topological polar surface area (TPSA) is 94.2 Å².